The lowest BCUT2D eigenvalue weighted by atomic mass is 9.78. The summed E-state index contributed by atoms with van der Waals surface area (Å²) in [5.41, 5.74) is 0.782. The molecule has 184 valence electrons. The Kier molecular flexibility index (Phi) is 6.58. The highest BCUT2D eigenvalue weighted by Gasteiger charge is 2.42. The molecule has 35 heavy (non-hydrogen) atoms. The second kappa shape index (κ2) is 9.95. The molecular weight excluding hydrogens is 452 g/mol. The fourth-order valence-electron chi connectivity index (χ4n) is 4.90. The first-order chi connectivity index (χ1) is 17.1. The molecule has 5 heterocycles. The van der Waals surface area contributed by atoms with Crippen molar-refractivity contribution in [2.75, 3.05) is 33.9 Å². The number of methoxy groups -OCH3 is 2. The average molecular weight is 481 g/mol. The highest BCUT2D eigenvalue weighted by atomic mass is 16.5. The standard InChI is InChI=1S/C24H28N6O5/c1-32-19-4-3-17(22(28-19)33-2)23(31)30-10-6-24(7-11-30)14-16(5-12-34-24)13-20-27-21(29-35-20)18-15-25-8-9-26-18/h3-4,8-9,15-16H,5-7,10-14H2,1-2H3. The van der Waals surface area contributed by atoms with Gasteiger partial charge in [0.05, 0.1) is 26.0 Å². The number of hydrogen-bond acceptors (Lipinski definition) is 10. The van der Waals surface area contributed by atoms with E-state index in [0.29, 0.717) is 60.9 Å². The van der Waals surface area contributed by atoms with E-state index in [9.17, 15) is 4.79 Å². The minimum Gasteiger partial charge on any atom is -0.481 e. The molecule has 1 amide bonds. The Morgan fingerprint density at radius 2 is 2.03 bits per heavy atom. The summed E-state index contributed by atoms with van der Waals surface area (Å²) in [6, 6.07) is 3.37. The van der Waals surface area contributed by atoms with Crippen LogP contribution in [0.5, 0.6) is 11.8 Å². The van der Waals surface area contributed by atoms with Crippen LogP contribution in [-0.4, -0.2) is 75.4 Å². The van der Waals surface area contributed by atoms with E-state index < -0.39 is 0 Å². The van der Waals surface area contributed by atoms with Gasteiger partial charge in [0.1, 0.15) is 11.3 Å². The monoisotopic (exact) mass is 480 g/mol. The van der Waals surface area contributed by atoms with Gasteiger partial charge in [-0.3, -0.25) is 9.78 Å². The normalized spacial score (nSPS) is 19.5. The number of carbonyl (C=O) groups is 1. The molecule has 11 nitrogen and oxygen atoms in total. The quantitative estimate of drug-likeness (QED) is 0.519. The van der Waals surface area contributed by atoms with E-state index in [-0.39, 0.29) is 17.4 Å². The lowest BCUT2D eigenvalue weighted by Gasteiger charge is -2.46. The Hall–Kier alpha value is -3.60. The summed E-state index contributed by atoms with van der Waals surface area (Å²) in [5, 5.41) is 4.05. The second-order valence-electron chi connectivity index (χ2n) is 8.90. The predicted molar refractivity (Wildman–Crippen MR) is 123 cm³/mol. The molecule has 0 N–H and O–H groups in total. The molecule has 2 aliphatic rings. The van der Waals surface area contributed by atoms with Gasteiger partial charge in [-0.05, 0) is 37.7 Å². The number of ether oxygens (including phenoxy) is 3. The molecular formula is C24H28N6O5. The maximum atomic E-state index is 13.2. The number of rotatable bonds is 6. The molecule has 5 rings (SSSR count). The minimum atomic E-state index is -0.240. The number of piperidine rings is 1. The summed E-state index contributed by atoms with van der Waals surface area (Å²) < 4.78 is 22.2. The fourth-order valence-corrected chi connectivity index (χ4v) is 4.90. The van der Waals surface area contributed by atoms with Gasteiger partial charge in [-0.2, -0.15) is 9.97 Å². The number of aromatic nitrogens is 5. The van der Waals surface area contributed by atoms with E-state index in [0.717, 1.165) is 25.7 Å². The van der Waals surface area contributed by atoms with Crippen molar-refractivity contribution in [2.45, 2.75) is 37.7 Å². The van der Waals surface area contributed by atoms with E-state index >= 15 is 0 Å². The highest BCUT2D eigenvalue weighted by Crippen LogP contribution is 2.39. The van der Waals surface area contributed by atoms with Gasteiger partial charge in [0.25, 0.3) is 5.91 Å². The van der Waals surface area contributed by atoms with Gasteiger partial charge in [-0.25, -0.2) is 4.98 Å². The molecule has 0 aromatic carbocycles. The molecule has 3 aromatic heterocycles. The lowest BCUT2D eigenvalue weighted by Crippen LogP contribution is -2.51. The van der Waals surface area contributed by atoms with E-state index in [1.807, 2.05) is 4.90 Å². The molecule has 1 atom stereocenters. The van der Waals surface area contributed by atoms with Gasteiger partial charge < -0.3 is 23.6 Å². The van der Waals surface area contributed by atoms with Crippen LogP contribution in [0.25, 0.3) is 11.5 Å². The molecule has 0 radical (unpaired) electrons. The van der Waals surface area contributed by atoms with Gasteiger partial charge in [0.2, 0.25) is 23.5 Å². The maximum absolute atomic E-state index is 13.2. The molecule has 0 aliphatic carbocycles. The van der Waals surface area contributed by atoms with Crippen LogP contribution < -0.4 is 9.47 Å². The molecule has 3 aromatic rings. The van der Waals surface area contributed by atoms with Gasteiger partial charge in [-0.1, -0.05) is 5.16 Å². The third-order valence-corrected chi connectivity index (χ3v) is 6.75. The fraction of sp³-hybridized carbons (Fsp3) is 0.500. The Morgan fingerprint density at radius 3 is 2.77 bits per heavy atom. The highest BCUT2D eigenvalue weighted by molar-refractivity contribution is 5.96. The van der Waals surface area contributed by atoms with Crippen molar-refractivity contribution in [1.29, 1.82) is 0 Å². The minimum absolute atomic E-state index is 0.0957. The van der Waals surface area contributed by atoms with Crippen LogP contribution >= 0.6 is 0 Å². The SMILES string of the molecule is COc1ccc(C(=O)N2CCC3(CC2)CC(Cc2nc(-c4cnccn4)no2)CCO3)c(OC)n1. The number of likely N-dealkylation sites (tertiary alicyclic amines) is 1. The molecule has 2 fully saturated rings. The zero-order chi connectivity index (χ0) is 24.3. The van der Waals surface area contributed by atoms with Crippen LogP contribution in [0.3, 0.4) is 0 Å². The molecule has 0 saturated carbocycles. The summed E-state index contributed by atoms with van der Waals surface area (Å²) in [6.07, 6.45) is 8.89. The number of nitrogens with zero attached hydrogens (tertiary/aromatic N) is 6. The van der Waals surface area contributed by atoms with E-state index in [1.54, 1.807) is 30.7 Å². The number of amides is 1. The number of hydrogen-bond donors (Lipinski definition) is 0. The van der Waals surface area contributed by atoms with E-state index in [4.69, 9.17) is 18.7 Å². The summed E-state index contributed by atoms with van der Waals surface area (Å²) in [4.78, 5) is 32.0. The average Bonchev–Trinajstić information content (AvgIpc) is 3.37. The van der Waals surface area contributed by atoms with Crippen molar-refractivity contribution in [2.24, 2.45) is 5.92 Å². The van der Waals surface area contributed by atoms with Gasteiger partial charge in [-0.15, -0.1) is 0 Å². The molecule has 2 saturated heterocycles. The Labute approximate surface area is 202 Å². The third kappa shape index (κ3) is 4.95. The Balaban J connectivity index is 1.20. The smallest absolute Gasteiger partial charge is 0.259 e. The van der Waals surface area contributed by atoms with Crippen molar-refractivity contribution < 1.29 is 23.5 Å². The lowest BCUT2D eigenvalue weighted by molar-refractivity contribution is -0.124. The Bertz CT molecular complexity index is 1160. The molecule has 2 aliphatic heterocycles. The van der Waals surface area contributed by atoms with Crippen LogP contribution in [0, 0.1) is 5.92 Å². The second-order valence-corrected chi connectivity index (χ2v) is 8.90. The summed E-state index contributed by atoms with van der Waals surface area (Å²) in [5.74, 6) is 1.99. The maximum Gasteiger partial charge on any atom is 0.259 e. The molecule has 1 unspecified atom stereocenters. The largest absolute Gasteiger partial charge is 0.481 e. The van der Waals surface area contributed by atoms with Gasteiger partial charge in [0.15, 0.2) is 0 Å². The first kappa shape index (κ1) is 23.2. The molecule has 1 spiro atoms. The number of carbonyl (C=O) groups excluding carboxylic acids is 1. The van der Waals surface area contributed by atoms with Crippen LogP contribution in [0.4, 0.5) is 0 Å². The topological polar surface area (TPSA) is 126 Å². The first-order valence-corrected chi connectivity index (χ1v) is 11.7. The first-order valence-electron chi connectivity index (χ1n) is 11.7. The summed E-state index contributed by atoms with van der Waals surface area (Å²) in [6.45, 7) is 1.90. The van der Waals surface area contributed by atoms with Crippen LogP contribution in [0.1, 0.15) is 41.9 Å². The summed E-state index contributed by atoms with van der Waals surface area (Å²) >= 11 is 0. The van der Waals surface area contributed by atoms with Crippen LogP contribution in [0.15, 0.2) is 35.2 Å². The van der Waals surface area contributed by atoms with E-state index in [2.05, 4.69) is 25.1 Å². The Morgan fingerprint density at radius 1 is 1.17 bits per heavy atom. The molecule has 11 heteroatoms. The van der Waals surface area contributed by atoms with Crippen molar-refractivity contribution in [3.63, 3.8) is 0 Å². The van der Waals surface area contributed by atoms with Gasteiger partial charge >= 0.3 is 0 Å². The van der Waals surface area contributed by atoms with Gasteiger partial charge in [0, 0.05) is 44.6 Å². The third-order valence-electron chi connectivity index (χ3n) is 6.75. The van der Waals surface area contributed by atoms with Crippen LogP contribution in [0.2, 0.25) is 0 Å². The molecule has 0 bridgehead atoms. The van der Waals surface area contributed by atoms with Crippen molar-refractivity contribution in [3.8, 4) is 23.3 Å². The predicted octanol–water partition coefficient (Wildman–Crippen LogP) is 2.58. The zero-order valence-corrected chi connectivity index (χ0v) is 19.8. The van der Waals surface area contributed by atoms with Crippen LogP contribution in [-0.2, 0) is 11.2 Å². The zero-order valence-electron chi connectivity index (χ0n) is 19.8. The van der Waals surface area contributed by atoms with Crippen molar-refractivity contribution >= 4 is 5.91 Å². The summed E-state index contributed by atoms with van der Waals surface area (Å²) in [7, 11) is 3.03. The number of pyridine rings is 1. The van der Waals surface area contributed by atoms with E-state index in [1.165, 1.54) is 14.2 Å². The van der Waals surface area contributed by atoms with Crippen molar-refractivity contribution in [3.05, 3.63) is 42.2 Å². The van der Waals surface area contributed by atoms with Crippen molar-refractivity contribution in [1.82, 2.24) is 30.0 Å².